The summed E-state index contributed by atoms with van der Waals surface area (Å²) in [6, 6.07) is 11.4. The quantitative estimate of drug-likeness (QED) is 0.760. The number of aromatic nitrogens is 1. The van der Waals surface area contributed by atoms with Crippen LogP contribution in [0, 0.1) is 0 Å². The average Bonchev–Trinajstić information content (AvgIpc) is 2.54. The van der Waals surface area contributed by atoms with Crippen molar-refractivity contribution in [2.75, 3.05) is 6.61 Å². The molecule has 0 radical (unpaired) electrons. The molecule has 0 bridgehead atoms. The van der Waals surface area contributed by atoms with Gasteiger partial charge in [0.05, 0.1) is 12.6 Å². The van der Waals surface area contributed by atoms with E-state index in [1.54, 1.807) is 12.4 Å². The zero-order chi connectivity index (χ0) is 15.8. The lowest BCUT2D eigenvalue weighted by Crippen LogP contribution is -2.26. The first kappa shape index (κ1) is 16.5. The minimum absolute atomic E-state index is 0.0239. The van der Waals surface area contributed by atoms with Gasteiger partial charge in [0.2, 0.25) is 5.91 Å². The van der Waals surface area contributed by atoms with Gasteiger partial charge in [0.25, 0.3) is 0 Å². The molecule has 0 saturated heterocycles. The number of amides is 1. The summed E-state index contributed by atoms with van der Waals surface area (Å²) in [7, 11) is 0. The van der Waals surface area contributed by atoms with Crippen LogP contribution in [0.1, 0.15) is 31.4 Å². The van der Waals surface area contributed by atoms with Crippen molar-refractivity contribution in [1.29, 1.82) is 0 Å². The van der Waals surface area contributed by atoms with Gasteiger partial charge in [-0.1, -0.05) is 22.0 Å². The number of halogens is 1. The molecule has 1 amide bonds. The van der Waals surface area contributed by atoms with E-state index in [1.807, 2.05) is 43.3 Å². The molecule has 4 nitrogen and oxygen atoms in total. The van der Waals surface area contributed by atoms with Crippen LogP contribution in [0.5, 0.6) is 5.75 Å². The lowest BCUT2D eigenvalue weighted by atomic mass is 10.1. The van der Waals surface area contributed by atoms with E-state index in [0.29, 0.717) is 19.4 Å². The molecule has 0 saturated carbocycles. The maximum Gasteiger partial charge on any atom is 0.220 e. The van der Waals surface area contributed by atoms with Crippen molar-refractivity contribution in [3.8, 4) is 5.75 Å². The van der Waals surface area contributed by atoms with Gasteiger partial charge in [-0.2, -0.15) is 0 Å². The Kier molecular flexibility index (Phi) is 6.40. The Labute approximate surface area is 139 Å². The number of pyridine rings is 1. The van der Waals surface area contributed by atoms with Crippen LogP contribution < -0.4 is 10.1 Å². The highest BCUT2D eigenvalue weighted by molar-refractivity contribution is 9.10. The summed E-state index contributed by atoms with van der Waals surface area (Å²) in [5, 5.41) is 2.96. The molecule has 0 aliphatic carbocycles. The van der Waals surface area contributed by atoms with E-state index in [4.69, 9.17) is 4.74 Å². The summed E-state index contributed by atoms with van der Waals surface area (Å²) in [5.74, 6) is 0.836. The number of carbonyl (C=O) groups is 1. The Morgan fingerprint density at radius 1 is 1.32 bits per heavy atom. The van der Waals surface area contributed by atoms with Gasteiger partial charge < -0.3 is 10.1 Å². The van der Waals surface area contributed by atoms with Crippen LogP contribution in [0.15, 0.2) is 53.3 Å². The van der Waals surface area contributed by atoms with Crippen LogP contribution in [0.4, 0.5) is 0 Å². The van der Waals surface area contributed by atoms with Crippen molar-refractivity contribution in [3.05, 3.63) is 58.8 Å². The number of nitrogens with one attached hydrogen (secondary N) is 1. The summed E-state index contributed by atoms with van der Waals surface area (Å²) in [6.45, 7) is 2.48. The summed E-state index contributed by atoms with van der Waals surface area (Å²) < 4.78 is 6.61. The van der Waals surface area contributed by atoms with Gasteiger partial charge >= 0.3 is 0 Å². The highest BCUT2D eigenvalue weighted by atomic mass is 79.9. The van der Waals surface area contributed by atoms with E-state index < -0.39 is 0 Å². The molecule has 22 heavy (non-hydrogen) atoms. The molecule has 1 N–H and O–H groups in total. The highest BCUT2D eigenvalue weighted by Gasteiger charge is 2.09. The topological polar surface area (TPSA) is 51.2 Å². The fraction of sp³-hybridized carbons (Fsp3) is 0.294. The maximum absolute atomic E-state index is 11.9. The van der Waals surface area contributed by atoms with Gasteiger partial charge in [0, 0.05) is 23.3 Å². The van der Waals surface area contributed by atoms with Gasteiger partial charge in [0.15, 0.2) is 0 Å². The summed E-state index contributed by atoms with van der Waals surface area (Å²) in [6.07, 6.45) is 4.61. The third-order valence-electron chi connectivity index (χ3n) is 3.19. The molecule has 1 unspecified atom stereocenters. The third-order valence-corrected chi connectivity index (χ3v) is 3.72. The molecule has 2 rings (SSSR count). The number of rotatable bonds is 7. The van der Waals surface area contributed by atoms with Crippen LogP contribution in [-0.2, 0) is 4.79 Å². The van der Waals surface area contributed by atoms with E-state index >= 15 is 0 Å². The van der Waals surface area contributed by atoms with E-state index in [2.05, 4.69) is 26.2 Å². The number of ether oxygens (including phenoxy) is 1. The standard InChI is InChI=1S/C17H19BrN2O2/c1-13(14-4-2-10-19-12-14)20-17(21)5-3-11-22-16-8-6-15(18)7-9-16/h2,4,6-10,12-13H,3,5,11H2,1H3,(H,20,21). The molecule has 1 aromatic carbocycles. The lowest BCUT2D eigenvalue weighted by molar-refractivity contribution is -0.121. The first-order valence-corrected chi connectivity index (χ1v) is 8.02. The molecule has 2 aromatic rings. The van der Waals surface area contributed by atoms with Crippen LogP contribution in [-0.4, -0.2) is 17.5 Å². The largest absolute Gasteiger partial charge is 0.494 e. The zero-order valence-corrected chi connectivity index (χ0v) is 14.0. The van der Waals surface area contributed by atoms with Gasteiger partial charge in [-0.05, 0) is 49.2 Å². The third kappa shape index (κ3) is 5.48. The van der Waals surface area contributed by atoms with Crippen LogP contribution in [0.25, 0.3) is 0 Å². The lowest BCUT2D eigenvalue weighted by Gasteiger charge is -2.14. The summed E-state index contributed by atoms with van der Waals surface area (Å²) in [5.41, 5.74) is 1.00. The minimum Gasteiger partial charge on any atom is -0.494 e. The SMILES string of the molecule is CC(NC(=O)CCCOc1ccc(Br)cc1)c1cccnc1. The molecule has 1 atom stereocenters. The Hall–Kier alpha value is -1.88. The molecular weight excluding hydrogens is 344 g/mol. The Morgan fingerprint density at radius 3 is 2.77 bits per heavy atom. The van der Waals surface area contributed by atoms with E-state index in [9.17, 15) is 4.79 Å². The number of hydrogen-bond donors (Lipinski definition) is 1. The van der Waals surface area contributed by atoms with Crippen molar-refractivity contribution in [3.63, 3.8) is 0 Å². The van der Waals surface area contributed by atoms with Gasteiger partial charge in [-0.15, -0.1) is 0 Å². The molecule has 0 fully saturated rings. The van der Waals surface area contributed by atoms with Crippen LogP contribution in [0.3, 0.4) is 0 Å². The van der Waals surface area contributed by atoms with Crippen molar-refractivity contribution >= 4 is 21.8 Å². The fourth-order valence-electron chi connectivity index (χ4n) is 1.98. The van der Waals surface area contributed by atoms with Crippen LogP contribution >= 0.6 is 15.9 Å². The average molecular weight is 363 g/mol. The van der Waals surface area contributed by atoms with Crippen molar-refractivity contribution < 1.29 is 9.53 Å². The maximum atomic E-state index is 11.9. The number of benzene rings is 1. The molecule has 116 valence electrons. The Balaban J connectivity index is 1.66. The normalized spacial score (nSPS) is 11.7. The summed E-state index contributed by atoms with van der Waals surface area (Å²) >= 11 is 3.38. The van der Waals surface area contributed by atoms with Crippen molar-refractivity contribution in [2.45, 2.75) is 25.8 Å². The monoisotopic (exact) mass is 362 g/mol. The van der Waals surface area contributed by atoms with Crippen molar-refractivity contribution in [2.24, 2.45) is 0 Å². The highest BCUT2D eigenvalue weighted by Crippen LogP contribution is 2.16. The van der Waals surface area contributed by atoms with E-state index in [-0.39, 0.29) is 11.9 Å². The molecule has 1 heterocycles. The molecule has 0 aliphatic heterocycles. The minimum atomic E-state index is -0.0337. The van der Waals surface area contributed by atoms with Gasteiger partial charge in [-0.3, -0.25) is 9.78 Å². The second-order valence-corrected chi connectivity index (χ2v) is 5.90. The van der Waals surface area contributed by atoms with Crippen LogP contribution in [0.2, 0.25) is 0 Å². The Morgan fingerprint density at radius 2 is 2.09 bits per heavy atom. The fourth-order valence-corrected chi connectivity index (χ4v) is 2.25. The zero-order valence-electron chi connectivity index (χ0n) is 12.5. The number of nitrogens with zero attached hydrogens (tertiary/aromatic N) is 1. The van der Waals surface area contributed by atoms with E-state index in [1.165, 1.54) is 0 Å². The molecule has 1 aromatic heterocycles. The first-order valence-electron chi connectivity index (χ1n) is 7.23. The second kappa shape index (κ2) is 8.54. The smallest absolute Gasteiger partial charge is 0.220 e. The second-order valence-electron chi connectivity index (χ2n) is 4.98. The predicted molar refractivity (Wildman–Crippen MR) is 89.7 cm³/mol. The first-order chi connectivity index (χ1) is 10.6. The molecule has 0 aliphatic rings. The predicted octanol–water partition coefficient (Wildman–Crippen LogP) is 3.88. The molecule has 0 spiro atoms. The molecule has 5 heteroatoms. The molecular formula is C17H19BrN2O2. The summed E-state index contributed by atoms with van der Waals surface area (Å²) in [4.78, 5) is 15.9. The van der Waals surface area contributed by atoms with Gasteiger partial charge in [0.1, 0.15) is 5.75 Å². The number of carbonyl (C=O) groups excluding carboxylic acids is 1. The van der Waals surface area contributed by atoms with E-state index in [0.717, 1.165) is 15.8 Å². The van der Waals surface area contributed by atoms with Crippen molar-refractivity contribution in [1.82, 2.24) is 10.3 Å². The Bertz CT molecular complexity index is 587. The van der Waals surface area contributed by atoms with Gasteiger partial charge in [-0.25, -0.2) is 0 Å². The number of hydrogen-bond acceptors (Lipinski definition) is 3.